The third kappa shape index (κ3) is 3.96. The van der Waals surface area contributed by atoms with Gasteiger partial charge in [-0.3, -0.25) is 0 Å². The molecule has 1 aromatic rings. The van der Waals surface area contributed by atoms with Crippen molar-refractivity contribution in [3.05, 3.63) is 29.3 Å². The molecule has 100 valence electrons. The number of likely N-dealkylation sites (N-methyl/N-ethyl adjacent to an activating group) is 1. The van der Waals surface area contributed by atoms with E-state index in [2.05, 4.69) is 17.9 Å². The maximum absolute atomic E-state index is 5.77. The van der Waals surface area contributed by atoms with Crippen molar-refractivity contribution in [3.8, 4) is 0 Å². The standard InChI is InChI=1S/C14H22N2OS/c1-10(2)17-9-8-16(4)13-11(3)6-5-7-12(13)14(15)18/h5-7,10H,8-9H2,1-4H3,(H2,15,18). The van der Waals surface area contributed by atoms with E-state index < -0.39 is 0 Å². The lowest BCUT2D eigenvalue weighted by atomic mass is 10.1. The number of benzene rings is 1. The number of hydrogen-bond donors (Lipinski definition) is 1. The quantitative estimate of drug-likeness (QED) is 0.803. The van der Waals surface area contributed by atoms with Crippen LogP contribution in [0.3, 0.4) is 0 Å². The third-order valence-corrected chi connectivity index (χ3v) is 2.98. The molecular formula is C14H22N2OS. The molecule has 0 heterocycles. The topological polar surface area (TPSA) is 38.5 Å². The Bertz CT molecular complexity index is 418. The van der Waals surface area contributed by atoms with E-state index in [1.54, 1.807) is 0 Å². The summed E-state index contributed by atoms with van der Waals surface area (Å²) in [6.45, 7) is 7.65. The van der Waals surface area contributed by atoms with Gasteiger partial charge in [-0.1, -0.05) is 24.4 Å². The van der Waals surface area contributed by atoms with E-state index in [0.29, 0.717) is 11.6 Å². The SMILES string of the molecule is Cc1cccc(C(N)=S)c1N(C)CCOC(C)C. The van der Waals surface area contributed by atoms with Crippen LogP contribution in [-0.2, 0) is 4.74 Å². The number of ether oxygens (including phenoxy) is 1. The summed E-state index contributed by atoms with van der Waals surface area (Å²) in [5.41, 5.74) is 8.97. The second-order valence-electron chi connectivity index (χ2n) is 4.68. The maximum atomic E-state index is 5.77. The van der Waals surface area contributed by atoms with Crippen molar-refractivity contribution in [2.75, 3.05) is 25.1 Å². The first kappa shape index (κ1) is 14.9. The number of nitrogens with zero attached hydrogens (tertiary/aromatic N) is 1. The maximum Gasteiger partial charge on any atom is 0.106 e. The summed E-state index contributed by atoms with van der Waals surface area (Å²) in [7, 11) is 2.04. The molecule has 0 radical (unpaired) electrons. The summed E-state index contributed by atoms with van der Waals surface area (Å²) < 4.78 is 5.57. The summed E-state index contributed by atoms with van der Waals surface area (Å²) in [5, 5.41) is 0. The highest BCUT2D eigenvalue weighted by Gasteiger charge is 2.12. The van der Waals surface area contributed by atoms with Crippen molar-refractivity contribution in [1.82, 2.24) is 0 Å². The first-order valence-electron chi connectivity index (χ1n) is 6.15. The lowest BCUT2D eigenvalue weighted by Gasteiger charge is -2.24. The number of para-hydroxylation sites is 1. The van der Waals surface area contributed by atoms with Crippen LogP contribution in [0.4, 0.5) is 5.69 Å². The van der Waals surface area contributed by atoms with Crippen LogP contribution in [-0.4, -0.2) is 31.3 Å². The van der Waals surface area contributed by atoms with Crippen LogP contribution >= 0.6 is 12.2 Å². The van der Waals surface area contributed by atoms with E-state index in [1.165, 1.54) is 5.56 Å². The fourth-order valence-electron chi connectivity index (χ4n) is 1.90. The van der Waals surface area contributed by atoms with Crippen LogP contribution in [0, 0.1) is 6.92 Å². The number of rotatable bonds is 6. The van der Waals surface area contributed by atoms with Crippen LogP contribution < -0.4 is 10.6 Å². The smallest absolute Gasteiger partial charge is 0.106 e. The van der Waals surface area contributed by atoms with Crippen molar-refractivity contribution in [2.24, 2.45) is 5.73 Å². The van der Waals surface area contributed by atoms with Crippen LogP contribution in [0.25, 0.3) is 0 Å². The van der Waals surface area contributed by atoms with Crippen molar-refractivity contribution < 1.29 is 4.74 Å². The average molecular weight is 266 g/mol. The van der Waals surface area contributed by atoms with Gasteiger partial charge in [0.1, 0.15) is 4.99 Å². The molecule has 0 saturated carbocycles. The highest BCUT2D eigenvalue weighted by molar-refractivity contribution is 7.80. The number of hydrogen-bond acceptors (Lipinski definition) is 3. The number of anilines is 1. The van der Waals surface area contributed by atoms with Crippen LogP contribution in [0.2, 0.25) is 0 Å². The fourth-order valence-corrected chi connectivity index (χ4v) is 2.07. The number of aryl methyl sites for hydroxylation is 1. The molecule has 0 atom stereocenters. The van der Waals surface area contributed by atoms with E-state index in [-0.39, 0.29) is 6.10 Å². The average Bonchev–Trinajstić information content (AvgIpc) is 2.27. The fraction of sp³-hybridized carbons (Fsp3) is 0.500. The molecule has 0 bridgehead atoms. The molecule has 18 heavy (non-hydrogen) atoms. The molecule has 1 rings (SSSR count). The predicted molar refractivity (Wildman–Crippen MR) is 81.4 cm³/mol. The molecule has 0 saturated heterocycles. The lowest BCUT2D eigenvalue weighted by molar-refractivity contribution is 0.0846. The van der Waals surface area contributed by atoms with Gasteiger partial charge in [0.15, 0.2) is 0 Å². The number of nitrogens with two attached hydrogens (primary N) is 1. The van der Waals surface area contributed by atoms with Crippen molar-refractivity contribution in [1.29, 1.82) is 0 Å². The molecule has 0 fully saturated rings. The summed E-state index contributed by atoms with van der Waals surface area (Å²) in [6, 6.07) is 6.01. The molecular weight excluding hydrogens is 244 g/mol. The molecule has 0 amide bonds. The van der Waals surface area contributed by atoms with Crippen molar-refractivity contribution in [2.45, 2.75) is 26.9 Å². The second kappa shape index (κ2) is 6.71. The molecule has 2 N–H and O–H groups in total. The summed E-state index contributed by atoms with van der Waals surface area (Å²) in [4.78, 5) is 2.58. The number of thiocarbonyl (C=S) groups is 1. The first-order valence-corrected chi connectivity index (χ1v) is 6.56. The van der Waals surface area contributed by atoms with Gasteiger partial charge in [0.25, 0.3) is 0 Å². The second-order valence-corrected chi connectivity index (χ2v) is 5.12. The minimum absolute atomic E-state index is 0.255. The molecule has 0 aliphatic heterocycles. The minimum Gasteiger partial charge on any atom is -0.389 e. The zero-order valence-electron chi connectivity index (χ0n) is 11.6. The highest BCUT2D eigenvalue weighted by atomic mass is 32.1. The Morgan fingerprint density at radius 1 is 1.44 bits per heavy atom. The Hall–Kier alpha value is -1.13. The summed E-state index contributed by atoms with van der Waals surface area (Å²) in [6.07, 6.45) is 0.255. The zero-order valence-corrected chi connectivity index (χ0v) is 12.4. The first-order chi connectivity index (χ1) is 8.43. The van der Waals surface area contributed by atoms with Gasteiger partial charge in [-0.25, -0.2) is 0 Å². The van der Waals surface area contributed by atoms with Gasteiger partial charge in [0, 0.05) is 24.8 Å². The van der Waals surface area contributed by atoms with Gasteiger partial charge in [-0.2, -0.15) is 0 Å². The predicted octanol–water partition coefficient (Wildman–Crippen LogP) is 2.49. The molecule has 0 aliphatic rings. The zero-order chi connectivity index (χ0) is 13.7. The lowest BCUT2D eigenvalue weighted by Crippen LogP contribution is -2.27. The van der Waals surface area contributed by atoms with Gasteiger partial charge >= 0.3 is 0 Å². The molecule has 0 unspecified atom stereocenters. The molecule has 0 spiro atoms. The van der Waals surface area contributed by atoms with E-state index >= 15 is 0 Å². The van der Waals surface area contributed by atoms with E-state index in [4.69, 9.17) is 22.7 Å². The van der Waals surface area contributed by atoms with Gasteiger partial charge in [-0.05, 0) is 32.4 Å². The Labute approximate surface area is 115 Å². The molecule has 4 heteroatoms. The van der Waals surface area contributed by atoms with Gasteiger partial charge in [-0.15, -0.1) is 0 Å². The van der Waals surface area contributed by atoms with E-state index in [0.717, 1.165) is 17.8 Å². The third-order valence-electron chi connectivity index (χ3n) is 2.76. The van der Waals surface area contributed by atoms with Crippen molar-refractivity contribution >= 4 is 22.9 Å². The largest absolute Gasteiger partial charge is 0.389 e. The summed E-state index contributed by atoms with van der Waals surface area (Å²) in [5.74, 6) is 0. The Morgan fingerprint density at radius 3 is 2.67 bits per heavy atom. The minimum atomic E-state index is 0.255. The molecule has 0 aromatic heterocycles. The van der Waals surface area contributed by atoms with Gasteiger partial charge < -0.3 is 15.4 Å². The van der Waals surface area contributed by atoms with Crippen molar-refractivity contribution in [3.63, 3.8) is 0 Å². The highest BCUT2D eigenvalue weighted by Crippen LogP contribution is 2.24. The molecule has 0 aliphatic carbocycles. The Balaban J connectivity index is 2.84. The Morgan fingerprint density at radius 2 is 2.11 bits per heavy atom. The molecule has 1 aromatic carbocycles. The summed E-state index contributed by atoms with van der Waals surface area (Å²) >= 11 is 5.10. The Kier molecular flexibility index (Phi) is 5.56. The van der Waals surface area contributed by atoms with Crippen LogP contribution in [0.1, 0.15) is 25.0 Å². The molecule has 3 nitrogen and oxygen atoms in total. The normalized spacial score (nSPS) is 10.7. The van der Waals surface area contributed by atoms with Crippen LogP contribution in [0.15, 0.2) is 18.2 Å². The van der Waals surface area contributed by atoms with Crippen LogP contribution in [0.5, 0.6) is 0 Å². The van der Waals surface area contributed by atoms with Gasteiger partial charge in [0.05, 0.1) is 12.7 Å². The van der Waals surface area contributed by atoms with Gasteiger partial charge in [0.2, 0.25) is 0 Å². The van der Waals surface area contributed by atoms with E-state index in [1.807, 2.05) is 33.0 Å². The monoisotopic (exact) mass is 266 g/mol. The van der Waals surface area contributed by atoms with E-state index in [9.17, 15) is 0 Å².